The summed E-state index contributed by atoms with van der Waals surface area (Å²) in [4.78, 5) is 0. The van der Waals surface area contributed by atoms with Crippen LogP contribution in [0.5, 0.6) is 0 Å². The average molecular weight is 330 g/mol. The quantitative estimate of drug-likeness (QED) is 0.698. The number of hydrogen-bond donors (Lipinski definition) is 1. The highest BCUT2D eigenvalue weighted by Crippen LogP contribution is 2.25. The number of nitrogens with one attached hydrogen (secondary N) is 1. The molecule has 3 heteroatoms. The van der Waals surface area contributed by atoms with Crippen molar-refractivity contribution in [3.05, 3.63) is 83.7 Å². The summed E-state index contributed by atoms with van der Waals surface area (Å²) >= 11 is 0. The van der Waals surface area contributed by atoms with Crippen LogP contribution >= 0.6 is 12.4 Å². The first-order valence-electron chi connectivity index (χ1n) is 7.64. The number of fused-ring (bicyclic) bond motifs is 1. The molecule has 0 spiro atoms. The minimum atomic E-state index is -0.121. The molecule has 0 bridgehead atoms. The van der Waals surface area contributed by atoms with E-state index in [1.54, 1.807) is 6.07 Å². The molecule has 3 aromatic rings. The maximum absolute atomic E-state index is 13.9. The number of halogens is 2. The topological polar surface area (TPSA) is 12.0 Å². The number of likely N-dealkylation sites (N-methyl/N-ethyl adjacent to an activating group) is 1. The molecule has 1 atom stereocenters. The van der Waals surface area contributed by atoms with Crippen LogP contribution in [-0.4, -0.2) is 13.6 Å². The Morgan fingerprint density at radius 1 is 0.913 bits per heavy atom. The van der Waals surface area contributed by atoms with Gasteiger partial charge in [-0.3, -0.25) is 0 Å². The van der Waals surface area contributed by atoms with Crippen LogP contribution in [0.25, 0.3) is 10.8 Å². The van der Waals surface area contributed by atoms with Crippen LogP contribution in [0, 0.1) is 5.82 Å². The molecule has 3 aromatic carbocycles. The minimum Gasteiger partial charge on any atom is -0.319 e. The number of benzene rings is 3. The van der Waals surface area contributed by atoms with Gasteiger partial charge in [0.05, 0.1) is 0 Å². The summed E-state index contributed by atoms with van der Waals surface area (Å²) in [6.45, 7) is 0.826. The fourth-order valence-corrected chi connectivity index (χ4v) is 2.95. The third-order valence-electron chi connectivity index (χ3n) is 4.12. The van der Waals surface area contributed by atoms with Crippen molar-refractivity contribution in [1.82, 2.24) is 5.32 Å². The first kappa shape index (κ1) is 17.5. The summed E-state index contributed by atoms with van der Waals surface area (Å²) in [6.07, 6.45) is 0.700. The Labute approximate surface area is 142 Å². The van der Waals surface area contributed by atoms with Crippen molar-refractivity contribution in [3.8, 4) is 0 Å². The van der Waals surface area contributed by atoms with E-state index in [1.165, 1.54) is 22.4 Å². The Hall–Kier alpha value is -1.90. The van der Waals surface area contributed by atoms with E-state index < -0.39 is 0 Å². The first-order chi connectivity index (χ1) is 10.8. The van der Waals surface area contributed by atoms with Crippen LogP contribution in [0.2, 0.25) is 0 Å². The normalized spacial score (nSPS) is 11.9. The smallest absolute Gasteiger partial charge is 0.126 e. The van der Waals surface area contributed by atoms with E-state index in [-0.39, 0.29) is 24.1 Å². The second kappa shape index (κ2) is 8.09. The molecule has 1 N–H and O–H groups in total. The largest absolute Gasteiger partial charge is 0.319 e. The second-order valence-corrected chi connectivity index (χ2v) is 5.66. The molecule has 1 nitrogen and oxygen atoms in total. The molecule has 0 fully saturated rings. The van der Waals surface area contributed by atoms with Crippen molar-refractivity contribution in [2.24, 2.45) is 0 Å². The third-order valence-corrected chi connectivity index (χ3v) is 4.12. The maximum atomic E-state index is 13.9. The average Bonchev–Trinajstić information content (AvgIpc) is 2.56. The van der Waals surface area contributed by atoms with Gasteiger partial charge in [0.25, 0.3) is 0 Å². The molecule has 3 rings (SSSR count). The van der Waals surface area contributed by atoms with Gasteiger partial charge in [0.15, 0.2) is 0 Å². The lowest BCUT2D eigenvalue weighted by Crippen LogP contribution is -2.19. The Bertz CT molecular complexity index is 772. The Morgan fingerprint density at radius 2 is 1.61 bits per heavy atom. The van der Waals surface area contributed by atoms with Gasteiger partial charge in [0.1, 0.15) is 5.82 Å². The van der Waals surface area contributed by atoms with Gasteiger partial charge in [0.2, 0.25) is 0 Å². The van der Waals surface area contributed by atoms with Crippen molar-refractivity contribution >= 4 is 23.2 Å². The van der Waals surface area contributed by atoms with Gasteiger partial charge in [-0.15, -0.1) is 12.4 Å². The van der Waals surface area contributed by atoms with Crippen molar-refractivity contribution < 1.29 is 4.39 Å². The van der Waals surface area contributed by atoms with Crippen molar-refractivity contribution in [3.63, 3.8) is 0 Å². The molecule has 0 radical (unpaired) electrons. The molecule has 0 saturated carbocycles. The zero-order valence-electron chi connectivity index (χ0n) is 13.1. The fraction of sp³-hybridized carbons (Fsp3) is 0.200. The summed E-state index contributed by atoms with van der Waals surface area (Å²) < 4.78 is 13.9. The highest BCUT2D eigenvalue weighted by Gasteiger charge is 2.14. The van der Waals surface area contributed by atoms with Crippen LogP contribution in [0.4, 0.5) is 4.39 Å². The maximum Gasteiger partial charge on any atom is 0.126 e. The molecule has 0 aliphatic rings. The lowest BCUT2D eigenvalue weighted by Gasteiger charge is -2.18. The molecule has 120 valence electrons. The summed E-state index contributed by atoms with van der Waals surface area (Å²) in [7, 11) is 1.94. The van der Waals surface area contributed by atoms with E-state index in [0.29, 0.717) is 6.42 Å². The molecular formula is C20H21ClFN. The first-order valence-corrected chi connectivity index (χ1v) is 7.64. The van der Waals surface area contributed by atoms with E-state index >= 15 is 0 Å². The van der Waals surface area contributed by atoms with E-state index in [1.807, 2.05) is 25.2 Å². The van der Waals surface area contributed by atoms with Gasteiger partial charge in [-0.25, -0.2) is 4.39 Å². The van der Waals surface area contributed by atoms with Crippen LogP contribution < -0.4 is 5.32 Å². The molecule has 0 aromatic heterocycles. The number of hydrogen-bond acceptors (Lipinski definition) is 1. The summed E-state index contributed by atoms with van der Waals surface area (Å²) in [5.74, 6) is 0.135. The van der Waals surface area contributed by atoms with Gasteiger partial charge in [0, 0.05) is 12.5 Å². The molecule has 0 saturated heterocycles. The van der Waals surface area contributed by atoms with Gasteiger partial charge >= 0.3 is 0 Å². The molecule has 0 aliphatic heterocycles. The Morgan fingerprint density at radius 3 is 2.35 bits per heavy atom. The monoisotopic (exact) mass is 329 g/mol. The van der Waals surface area contributed by atoms with Crippen LogP contribution in [0.3, 0.4) is 0 Å². The Kier molecular flexibility index (Phi) is 6.14. The lowest BCUT2D eigenvalue weighted by molar-refractivity contribution is 0.575. The highest BCUT2D eigenvalue weighted by atomic mass is 35.5. The highest BCUT2D eigenvalue weighted by molar-refractivity contribution is 5.85. The zero-order chi connectivity index (χ0) is 15.4. The molecular weight excluding hydrogens is 309 g/mol. The third kappa shape index (κ3) is 4.10. The molecule has 23 heavy (non-hydrogen) atoms. The predicted molar refractivity (Wildman–Crippen MR) is 98.0 cm³/mol. The van der Waals surface area contributed by atoms with E-state index in [2.05, 4.69) is 41.7 Å². The van der Waals surface area contributed by atoms with Crippen molar-refractivity contribution in [1.29, 1.82) is 0 Å². The standard InChI is InChI=1S/C20H20FN.ClH/c1-22-14-19(13-18-8-4-5-9-20(18)21)17-11-10-15-6-2-3-7-16(15)12-17;/h2-12,19,22H,13-14H2,1H3;1H/t19-;/m0./s1. The van der Waals surface area contributed by atoms with Crippen LogP contribution in [0.15, 0.2) is 66.7 Å². The lowest BCUT2D eigenvalue weighted by atomic mass is 9.90. The van der Waals surface area contributed by atoms with Crippen molar-refractivity contribution in [2.75, 3.05) is 13.6 Å². The molecule has 0 unspecified atom stereocenters. The zero-order valence-corrected chi connectivity index (χ0v) is 13.9. The van der Waals surface area contributed by atoms with Crippen molar-refractivity contribution in [2.45, 2.75) is 12.3 Å². The Balaban J connectivity index is 0.00000192. The van der Waals surface area contributed by atoms with E-state index in [4.69, 9.17) is 0 Å². The van der Waals surface area contributed by atoms with E-state index in [0.717, 1.165) is 12.1 Å². The molecule has 0 amide bonds. The van der Waals surface area contributed by atoms with E-state index in [9.17, 15) is 4.39 Å². The van der Waals surface area contributed by atoms with Gasteiger partial charge in [-0.1, -0.05) is 60.7 Å². The fourth-order valence-electron chi connectivity index (χ4n) is 2.95. The van der Waals surface area contributed by atoms with Gasteiger partial charge < -0.3 is 5.32 Å². The number of rotatable bonds is 5. The summed E-state index contributed by atoms with van der Waals surface area (Å²) in [5.41, 5.74) is 2.02. The van der Waals surface area contributed by atoms with Crippen LogP contribution in [-0.2, 0) is 6.42 Å². The van der Waals surface area contributed by atoms with Gasteiger partial charge in [-0.2, -0.15) is 0 Å². The van der Waals surface area contributed by atoms with Crippen LogP contribution in [0.1, 0.15) is 17.0 Å². The predicted octanol–water partition coefficient (Wildman–Crippen LogP) is 4.95. The summed E-state index contributed by atoms with van der Waals surface area (Å²) in [6, 6.07) is 21.9. The summed E-state index contributed by atoms with van der Waals surface area (Å²) in [5, 5.41) is 5.70. The minimum absolute atomic E-state index is 0. The SMILES string of the molecule is CNC[C@H](Cc1ccccc1F)c1ccc2ccccc2c1.Cl. The van der Waals surface area contributed by atoms with Gasteiger partial charge in [-0.05, 0) is 41.4 Å². The second-order valence-electron chi connectivity index (χ2n) is 5.66. The molecule has 0 aliphatic carbocycles. The molecule has 0 heterocycles.